The molecule has 0 aromatic heterocycles. The molecule has 2 aromatic rings. The standard InChI is InChI=1S/C36H50N2O8/c1-18-26-13-23(36(26,5)6)14-27(18)37-33(41)30-29(19(2)40)28(17-39)46-38(30)16-20-9-8-10-24(31(20)44-7)21-11-22-15-35(3,4)45-32(22)25(12-21)34(42)43/h8-12,18-19,23,26-30,34,39-40,42-43H,13-17H2,1-7H3,(H,37,41)/t18-,19-,23-,26+,27-,28-,29+,30-/m0/s1. The van der Waals surface area contributed by atoms with Crippen LogP contribution in [0.1, 0.15) is 77.4 Å². The Balaban J connectivity index is 1.31. The van der Waals surface area contributed by atoms with E-state index in [-0.39, 0.29) is 36.1 Å². The quantitative estimate of drug-likeness (QED) is 0.260. The average molecular weight is 639 g/mol. The van der Waals surface area contributed by atoms with Crippen LogP contribution in [0.3, 0.4) is 0 Å². The van der Waals surface area contributed by atoms with E-state index in [1.807, 2.05) is 38.1 Å². The molecule has 2 bridgehead atoms. The molecule has 4 fully saturated rings. The Morgan fingerprint density at radius 3 is 2.50 bits per heavy atom. The number of carbonyl (C=O) groups excluding carboxylic acids is 1. The third-order valence-electron chi connectivity index (χ3n) is 11.5. The number of amides is 1. The molecule has 5 aliphatic rings. The number of fused-ring (bicyclic) bond motifs is 3. The van der Waals surface area contributed by atoms with Crippen molar-refractivity contribution < 1.29 is 39.5 Å². The van der Waals surface area contributed by atoms with Gasteiger partial charge in [-0.3, -0.25) is 9.63 Å². The van der Waals surface area contributed by atoms with Gasteiger partial charge in [0.2, 0.25) is 5.91 Å². The number of aliphatic hydroxyl groups is 4. The van der Waals surface area contributed by atoms with Gasteiger partial charge in [0, 0.05) is 29.5 Å². The number of hydrogen-bond donors (Lipinski definition) is 5. The minimum atomic E-state index is -1.72. The number of nitrogens with zero attached hydrogens (tertiary/aromatic N) is 1. The summed E-state index contributed by atoms with van der Waals surface area (Å²) in [4.78, 5) is 20.3. The van der Waals surface area contributed by atoms with Crippen molar-refractivity contribution in [3.05, 3.63) is 47.0 Å². The Hall–Kier alpha value is -2.73. The second-order valence-electron chi connectivity index (χ2n) is 15.2. The number of hydroxylamine groups is 2. The van der Waals surface area contributed by atoms with Gasteiger partial charge in [0.25, 0.3) is 0 Å². The predicted molar refractivity (Wildman–Crippen MR) is 172 cm³/mol. The number of rotatable bonds is 9. The highest BCUT2D eigenvalue weighted by Gasteiger charge is 2.57. The number of para-hydroxylation sites is 1. The second-order valence-corrected chi connectivity index (χ2v) is 15.2. The van der Waals surface area contributed by atoms with Crippen LogP contribution in [0.2, 0.25) is 0 Å². The van der Waals surface area contributed by atoms with Crippen molar-refractivity contribution >= 4 is 5.91 Å². The van der Waals surface area contributed by atoms with E-state index in [2.05, 4.69) is 26.1 Å². The normalized spacial score (nSPS) is 31.6. The van der Waals surface area contributed by atoms with E-state index in [0.717, 1.165) is 28.7 Å². The van der Waals surface area contributed by atoms with Crippen LogP contribution in [0.25, 0.3) is 11.1 Å². The number of ether oxygens (including phenoxy) is 2. The largest absolute Gasteiger partial charge is 0.496 e. The van der Waals surface area contributed by atoms with Crippen molar-refractivity contribution in [2.45, 2.75) is 104 Å². The molecule has 0 radical (unpaired) electrons. The highest BCUT2D eigenvalue weighted by molar-refractivity contribution is 5.83. The summed E-state index contributed by atoms with van der Waals surface area (Å²) in [6.45, 7) is 12.2. The van der Waals surface area contributed by atoms with E-state index in [1.165, 1.54) is 6.42 Å². The van der Waals surface area contributed by atoms with Crippen LogP contribution >= 0.6 is 0 Å². The van der Waals surface area contributed by atoms with Crippen molar-refractivity contribution in [3.8, 4) is 22.6 Å². The zero-order chi connectivity index (χ0) is 33.3. The number of aliphatic hydroxyl groups excluding tert-OH is 3. The van der Waals surface area contributed by atoms with Gasteiger partial charge in [-0.05, 0) is 80.0 Å². The molecule has 10 nitrogen and oxygen atoms in total. The van der Waals surface area contributed by atoms with Crippen LogP contribution in [0.15, 0.2) is 30.3 Å². The Bertz CT molecular complexity index is 1470. The first-order chi connectivity index (χ1) is 21.7. The molecule has 0 spiro atoms. The van der Waals surface area contributed by atoms with Gasteiger partial charge >= 0.3 is 0 Å². The minimum absolute atomic E-state index is 0.0386. The van der Waals surface area contributed by atoms with Crippen molar-refractivity contribution in [3.63, 3.8) is 0 Å². The molecule has 7 rings (SSSR count). The fraction of sp³-hybridized carbons (Fsp3) is 0.639. The lowest BCUT2D eigenvalue weighted by Gasteiger charge is -2.62. The van der Waals surface area contributed by atoms with E-state index >= 15 is 0 Å². The second kappa shape index (κ2) is 12.1. The third kappa shape index (κ3) is 5.61. The Morgan fingerprint density at radius 1 is 1.15 bits per heavy atom. The lowest BCUT2D eigenvalue weighted by molar-refractivity contribution is -0.183. The molecule has 252 valence electrons. The summed E-state index contributed by atoms with van der Waals surface area (Å²) in [6.07, 6.45) is -0.635. The molecule has 46 heavy (non-hydrogen) atoms. The molecule has 2 heterocycles. The topological polar surface area (TPSA) is 141 Å². The van der Waals surface area contributed by atoms with E-state index in [0.29, 0.717) is 35.7 Å². The molecule has 0 unspecified atom stereocenters. The van der Waals surface area contributed by atoms with E-state index < -0.39 is 36.1 Å². The summed E-state index contributed by atoms with van der Waals surface area (Å²) in [7, 11) is 1.57. The number of nitrogens with one attached hydrogen (secondary N) is 1. The van der Waals surface area contributed by atoms with Gasteiger partial charge in [0.15, 0.2) is 6.29 Å². The zero-order valence-corrected chi connectivity index (χ0v) is 28.0. The number of carbonyl (C=O) groups is 1. The van der Waals surface area contributed by atoms with Gasteiger partial charge in [0.05, 0.1) is 31.9 Å². The van der Waals surface area contributed by atoms with E-state index in [9.17, 15) is 25.2 Å². The molecule has 1 amide bonds. The van der Waals surface area contributed by atoms with Crippen LogP contribution in [0.4, 0.5) is 0 Å². The first kappa shape index (κ1) is 33.2. The fourth-order valence-corrected chi connectivity index (χ4v) is 8.92. The molecule has 8 atom stereocenters. The Kier molecular flexibility index (Phi) is 8.70. The lowest BCUT2D eigenvalue weighted by atomic mass is 9.45. The monoisotopic (exact) mass is 638 g/mol. The fourth-order valence-electron chi connectivity index (χ4n) is 8.92. The molecule has 10 heteroatoms. The summed E-state index contributed by atoms with van der Waals surface area (Å²) in [5.74, 6) is 1.65. The van der Waals surface area contributed by atoms with Crippen LogP contribution in [0.5, 0.6) is 11.5 Å². The van der Waals surface area contributed by atoms with Crippen LogP contribution in [-0.2, 0) is 22.6 Å². The van der Waals surface area contributed by atoms with E-state index in [4.69, 9.17) is 14.3 Å². The zero-order valence-electron chi connectivity index (χ0n) is 28.0. The SMILES string of the molecule is COc1c(CN2O[C@@H](CO)[C@@H]([C@H](C)O)[C@H]2C(=O)N[C@H]2C[C@@H]3C[C@H]([C@@H]2C)C3(C)C)cccc1-c1cc2c(c(C(O)O)c1)OC(C)(C)C2. The maximum atomic E-state index is 14.1. The summed E-state index contributed by atoms with van der Waals surface area (Å²) in [5, 5.41) is 46.4. The van der Waals surface area contributed by atoms with E-state index in [1.54, 1.807) is 25.2 Å². The van der Waals surface area contributed by atoms with Crippen LogP contribution in [-0.4, -0.2) is 75.0 Å². The minimum Gasteiger partial charge on any atom is -0.496 e. The molecule has 5 N–H and O–H groups in total. The highest BCUT2D eigenvalue weighted by atomic mass is 16.7. The molecular formula is C36H50N2O8. The number of hydrogen-bond acceptors (Lipinski definition) is 9. The maximum absolute atomic E-state index is 14.1. The molecule has 2 aromatic carbocycles. The summed E-state index contributed by atoms with van der Waals surface area (Å²) >= 11 is 0. The highest BCUT2D eigenvalue weighted by Crippen LogP contribution is 2.61. The van der Waals surface area contributed by atoms with Gasteiger partial charge < -0.3 is 35.2 Å². The van der Waals surface area contributed by atoms with Gasteiger partial charge in [-0.15, -0.1) is 0 Å². The van der Waals surface area contributed by atoms with Crippen molar-refractivity contribution in [1.82, 2.24) is 10.4 Å². The van der Waals surface area contributed by atoms with Gasteiger partial charge in [-0.25, -0.2) is 0 Å². The molecule has 1 saturated heterocycles. The van der Waals surface area contributed by atoms with Crippen LogP contribution < -0.4 is 14.8 Å². The Labute approximate surface area is 271 Å². The number of methoxy groups -OCH3 is 1. The van der Waals surface area contributed by atoms with Gasteiger partial charge in [-0.2, -0.15) is 5.06 Å². The Morgan fingerprint density at radius 2 is 1.89 bits per heavy atom. The third-order valence-corrected chi connectivity index (χ3v) is 11.5. The molecule has 2 aliphatic heterocycles. The maximum Gasteiger partial charge on any atom is 0.240 e. The molecule has 3 aliphatic carbocycles. The predicted octanol–water partition coefficient (Wildman–Crippen LogP) is 3.72. The van der Waals surface area contributed by atoms with Gasteiger partial charge in [-0.1, -0.05) is 39.0 Å². The average Bonchev–Trinajstić information content (AvgIpc) is 3.52. The number of benzene rings is 2. The summed E-state index contributed by atoms with van der Waals surface area (Å²) in [5.41, 5.74) is 3.18. The summed E-state index contributed by atoms with van der Waals surface area (Å²) in [6, 6.07) is 8.58. The van der Waals surface area contributed by atoms with Crippen molar-refractivity contribution in [1.29, 1.82) is 0 Å². The smallest absolute Gasteiger partial charge is 0.240 e. The lowest BCUT2D eigenvalue weighted by Crippen LogP contribution is -2.62. The van der Waals surface area contributed by atoms with Gasteiger partial charge in [0.1, 0.15) is 29.2 Å². The first-order valence-electron chi connectivity index (χ1n) is 16.6. The molecule has 3 saturated carbocycles. The van der Waals surface area contributed by atoms with Crippen molar-refractivity contribution in [2.24, 2.45) is 29.1 Å². The first-order valence-corrected chi connectivity index (χ1v) is 16.6. The molecular weight excluding hydrogens is 588 g/mol. The van der Waals surface area contributed by atoms with Crippen molar-refractivity contribution in [2.75, 3.05) is 13.7 Å². The van der Waals surface area contributed by atoms with Crippen LogP contribution in [0, 0.1) is 29.1 Å². The summed E-state index contributed by atoms with van der Waals surface area (Å²) < 4.78 is 12.0.